The summed E-state index contributed by atoms with van der Waals surface area (Å²) in [5.41, 5.74) is 10.4. The lowest BCUT2D eigenvalue weighted by Gasteiger charge is -2.05. The predicted octanol–water partition coefficient (Wildman–Crippen LogP) is -0.456. The van der Waals surface area contributed by atoms with E-state index in [1.165, 1.54) is 25.7 Å². The third-order valence-corrected chi connectivity index (χ3v) is 1.38. The van der Waals surface area contributed by atoms with Crippen molar-refractivity contribution in [1.82, 2.24) is 22.0 Å². The van der Waals surface area contributed by atoms with Gasteiger partial charge in [-0.1, -0.05) is 26.2 Å². The molecule has 0 aromatic rings. The summed E-state index contributed by atoms with van der Waals surface area (Å²) in [6.45, 7) is 3.15. The first kappa shape index (κ1) is 10.8. The summed E-state index contributed by atoms with van der Waals surface area (Å²) in [6, 6.07) is 0. The van der Waals surface area contributed by atoms with Gasteiger partial charge in [0.2, 0.25) is 0 Å². The summed E-state index contributed by atoms with van der Waals surface area (Å²) < 4.78 is 0. The number of hydrogen-bond acceptors (Lipinski definition) is 5. The molecular formula is C6H19N5. The van der Waals surface area contributed by atoms with Crippen LogP contribution < -0.4 is 27.9 Å². The maximum atomic E-state index is 4.93. The van der Waals surface area contributed by atoms with Crippen LogP contribution in [0.5, 0.6) is 0 Å². The van der Waals surface area contributed by atoms with Gasteiger partial charge in [0.1, 0.15) is 0 Å². The van der Waals surface area contributed by atoms with E-state index in [1.807, 2.05) is 0 Å². The van der Waals surface area contributed by atoms with E-state index >= 15 is 0 Å². The fourth-order valence-electron chi connectivity index (χ4n) is 0.783. The van der Waals surface area contributed by atoms with E-state index in [4.69, 9.17) is 5.84 Å². The first-order valence-electron chi connectivity index (χ1n) is 4.10. The van der Waals surface area contributed by atoms with Crippen molar-refractivity contribution in [3.63, 3.8) is 0 Å². The summed E-state index contributed by atoms with van der Waals surface area (Å²) in [5, 5.41) is 0. The molecule has 0 aliphatic heterocycles. The summed E-state index contributed by atoms with van der Waals surface area (Å²) >= 11 is 0. The minimum absolute atomic E-state index is 0.953. The van der Waals surface area contributed by atoms with Crippen molar-refractivity contribution in [3.05, 3.63) is 0 Å². The van der Waals surface area contributed by atoms with Gasteiger partial charge in [0, 0.05) is 6.54 Å². The van der Waals surface area contributed by atoms with Gasteiger partial charge >= 0.3 is 0 Å². The molecule has 0 amide bonds. The third kappa shape index (κ3) is 9.80. The SMILES string of the molecule is CCCCCCNNNNN. The Balaban J connectivity index is 2.69. The van der Waals surface area contributed by atoms with Crippen LogP contribution in [0.25, 0.3) is 0 Å². The van der Waals surface area contributed by atoms with Gasteiger partial charge in [-0.3, -0.25) is 5.84 Å². The van der Waals surface area contributed by atoms with Gasteiger partial charge in [-0.25, -0.2) is 5.43 Å². The average Bonchev–Trinajstić information content (AvgIpc) is 2.03. The lowest BCUT2D eigenvalue weighted by atomic mass is 10.2. The lowest BCUT2D eigenvalue weighted by Crippen LogP contribution is -2.53. The minimum Gasteiger partial charge on any atom is -0.257 e. The summed E-state index contributed by atoms with van der Waals surface area (Å²) in [5.74, 6) is 4.93. The Morgan fingerprint density at radius 1 is 1.09 bits per heavy atom. The molecular weight excluding hydrogens is 142 g/mol. The van der Waals surface area contributed by atoms with Crippen LogP contribution in [0.3, 0.4) is 0 Å². The minimum atomic E-state index is 0.953. The van der Waals surface area contributed by atoms with E-state index in [0.717, 1.165) is 6.54 Å². The normalized spacial score (nSPS) is 10.4. The van der Waals surface area contributed by atoms with Crippen LogP contribution in [-0.4, -0.2) is 6.54 Å². The molecule has 0 saturated heterocycles. The summed E-state index contributed by atoms with van der Waals surface area (Å²) in [6.07, 6.45) is 5.05. The highest BCUT2D eigenvalue weighted by Gasteiger charge is 1.85. The van der Waals surface area contributed by atoms with Crippen LogP contribution in [0.15, 0.2) is 0 Å². The zero-order chi connectivity index (χ0) is 8.36. The van der Waals surface area contributed by atoms with Gasteiger partial charge in [0.15, 0.2) is 0 Å². The molecule has 0 saturated carbocycles. The van der Waals surface area contributed by atoms with Gasteiger partial charge in [-0.15, -0.1) is 0 Å². The van der Waals surface area contributed by atoms with E-state index in [1.54, 1.807) is 0 Å². The topological polar surface area (TPSA) is 74.1 Å². The highest BCUT2D eigenvalue weighted by Crippen LogP contribution is 1.96. The Morgan fingerprint density at radius 2 is 1.91 bits per heavy atom. The van der Waals surface area contributed by atoms with E-state index in [2.05, 4.69) is 29.0 Å². The van der Waals surface area contributed by atoms with Crippen molar-refractivity contribution >= 4 is 0 Å². The molecule has 5 nitrogen and oxygen atoms in total. The molecule has 0 aliphatic carbocycles. The number of hydrazine groups is 4. The molecule has 0 bridgehead atoms. The average molecular weight is 161 g/mol. The maximum absolute atomic E-state index is 4.93. The van der Waals surface area contributed by atoms with Crippen molar-refractivity contribution in [2.24, 2.45) is 5.84 Å². The Hall–Kier alpha value is -0.200. The highest BCUT2D eigenvalue weighted by atomic mass is 15.8. The van der Waals surface area contributed by atoms with E-state index in [0.29, 0.717) is 0 Å². The second kappa shape index (κ2) is 9.80. The number of hydrogen-bond donors (Lipinski definition) is 5. The molecule has 0 aromatic heterocycles. The van der Waals surface area contributed by atoms with Crippen molar-refractivity contribution < 1.29 is 0 Å². The molecule has 0 unspecified atom stereocenters. The second-order valence-corrected chi connectivity index (χ2v) is 2.38. The lowest BCUT2D eigenvalue weighted by molar-refractivity contribution is 0.370. The van der Waals surface area contributed by atoms with E-state index in [-0.39, 0.29) is 0 Å². The third-order valence-electron chi connectivity index (χ3n) is 1.38. The fourth-order valence-corrected chi connectivity index (χ4v) is 0.783. The zero-order valence-electron chi connectivity index (χ0n) is 7.11. The van der Waals surface area contributed by atoms with Gasteiger partial charge in [0.05, 0.1) is 0 Å². The molecule has 0 aromatic carbocycles. The van der Waals surface area contributed by atoms with Crippen LogP contribution in [0, 0.1) is 0 Å². The van der Waals surface area contributed by atoms with E-state index in [9.17, 15) is 0 Å². The number of rotatable bonds is 8. The molecule has 0 rings (SSSR count). The highest BCUT2D eigenvalue weighted by molar-refractivity contribution is 4.41. The monoisotopic (exact) mass is 161 g/mol. The van der Waals surface area contributed by atoms with Crippen LogP contribution in [0.1, 0.15) is 32.6 Å². The van der Waals surface area contributed by atoms with E-state index < -0.39 is 0 Å². The van der Waals surface area contributed by atoms with Crippen molar-refractivity contribution in [3.8, 4) is 0 Å². The molecule has 0 atom stereocenters. The number of unbranched alkanes of at least 4 members (excludes halogenated alkanes) is 3. The molecule has 68 valence electrons. The standard InChI is InChI=1S/C6H19N5/c1-2-3-4-5-6-8-10-11-9-7/h8-11H,2-7H2,1H3. The van der Waals surface area contributed by atoms with Gasteiger partial charge in [0.25, 0.3) is 0 Å². The number of nitrogens with one attached hydrogen (secondary N) is 4. The second-order valence-electron chi connectivity index (χ2n) is 2.38. The molecule has 11 heavy (non-hydrogen) atoms. The Labute approximate surface area is 68.0 Å². The number of nitrogens with two attached hydrogens (primary N) is 1. The smallest absolute Gasteiger partial charge is 0.0113 e. The molecule has 0 aliphatic rings. The molecule has 5 heteroatoms. The molecule has 0 fully saturated rings. The van der Waals surface area contributed by atoms with Crippen molar-refractivity contribution in [2.75, 3.05) is 6.54 Å². The fraction of sp³-hybridized carbons (Fsp3) is 1.00. The predicted molar refractivity (Wildman–Crippen MR) is 45.7 cm³/mol. The van der Waals surface area contributed by atoms with Crippen LogP contribution in [0.4, 0.5) is 0 Å². The molecule has 0 spiro atoms. The van der Waals surface area contributed by atoms with Crippen LogP contribution in [0.2, 0.25) is 0 Å². The first-order chi connectivity index (χ1) is 5.41. The van der Waals surface area contributed by atoms with Gasteiger partial charge in [-0.2, -0.15) is 16.6 Å². The Morgan fingerprint density at radius 3 is 2.55 bits per heavy atom. The van der Waals surface area contributed by atoms with Gasteiger partial charge in [-0.05, 0) is 6.42 Å². The molecule has 6 N–H and O–H groups in total. The Kier molecular flexibility index (Phi) is 9.62. The summed E-state index contributed by atoms with van der Waals surface area (Å²) in [7, 11) is 0. The van der Waals surface area contributed by atoms with Crippen LogP contribution in [-0.2, 0) is 0 Å². The molecule has 0 radical (unpaired) electrons. The Bertz CT molecular complexity index is 60.0. The maximum Gasteiger partial charge on any atom is 0.0113 e. The van der Waals surface area contributed by atoms with Gasteiger partial charge < -0.3 is 0 Å². The zero-order valence-corrected chi connectivity index (χ0v) is 7.11. The largest absolute Gasteiger partial charge is 0.257 e. The summed E-state index contributed by atoms with van der Waals surface area (Å²) in [4.78, 5) is 0. The van der Waals surface area contributed by atoms with Crippen LogP contribution >= 0.6 is 0 Å². The van der Waals surface area contributed by atoms with Crippen molar-refractivity contribution in [1.29, 1.82) is 0 Å². The van der Waals surface area contributed by atoms with Crippen molar-refractivity contribution in [2.45, 2.75) is 32.6 Å². The first-order valence-corrected chi connectivity index (χ1v) is 4.10. The molecule has 0 heterocycles. The quantitative estimate of drug-likeness (QED) is 0.189.